The molecule has 0 bridgehead atoms. The van der Waals surface area contributed by atoms with Crippen LogP contribution in [0.15, 0.2) is 0 Å². The number of ether oxygens (including phenoxy) is 1. The Morgan fingerprint density at radius 2 is 2.00 bits per heavy atom. The molecule has 0 radical (unpaired) electrons. The highest BCUT2D eigenvalue weighted by molar-refractivity contribution is 4.84. The molecule has 90 valence electrons. The molecule has 1 aliphatic rings. The van der Waals surface area contributed by atoms with Gasteiger partial charge in [0.25, 0.3) is 0 Å². The Bertz CT molecular complexity index is 173. The Morgan fingerprint density at radius 3 is 2.53 bits per heavy atom. The van der Waals surface area contributed by atoms with Gasteiger partial charge in [-0.3, -0.25) is 4.90 Å². The Morgan fingerprint density at radius 1 is 1.33 bits per heavy atom. The van der Waals surface area contributed by atoms with E-state index in [-0.39, 0.29) is 6.10 Å². The molecule has 0 saturated heterocycles. The minimum absolute atomic E-state index is 0.141. The first-order valence-corrected chi connectivity index (χ1v) is 6.09. The van der Waals surface area contributed by atoms with Crippen molar-refractivity contribution in [3.63, 3.8) is 0 Å². The molecule has 0 aromatic rings. The average Bonchev–Trinajstić information content (AvgIpc) is 2.20. The Balaban J connectivity index is 2.52. The summed E-state index contributed by atoms with van der Waals surface area (Å²) < 4.78 is 5.13. The largest absolute Gasteiger partial charge is 0.391 e. The van der Waals surface area contributed by atoms with Crippen LogP contribution < -0.4 is 0 Å². The summed E-state index contributed by atoms with van der Waals surface area (Å²) in [5, 5.41) is 10.0. The summed E-state index contributed by atoms with van der Waals surface area (Å²) in [6.45, 7) is 6.06. The molecule has 1 N–H and O–H groups in total. The molecular formula is C12H25NO2. The lowest BCUT2D eigenvalue weighted by Gasteiger charge is -2.40. The molecule has 0 amide bonds. The van der Waals surface area contributed by atoms with Gasteiger partial charge in [0.1, 0.15) is 0 Å². The van der Waals surface area contributed by atoms with Crippen LogP contribution in [-0.2, 0) is 4.74 Å². The van der Waals surface area contributed by atoms with E-state index < -0.39 is 0 Å². The zero-order valence-electron chi connectivity index (χ0n) is 10.3. The van der Waals surface area contributed by atoms with Gasteiger partial charge in [0.15, 0.2) is 0 Å². The molecule has 1 aliphatic carbocycles. The number of aliphatic hydroxyl groups is 1. The average molecular weight is 215 g/mol. The molecule has 0 aliphatic heterocycles. The van der Waals surface area contributed by atoms with Crippen molar-refractivity contribution in [3.05, 3.63) is 0 Å². The maximum absolute atomic E-state index is 10.0. The fourth-order valence-corrected chi connectivity index (χ4v) is 2.48. The fraction of sp³-hybridized carbons (Fsp3) is 1.00. The summed E-state index contributed by atoms with van der Waals surface area (Å²) in [6.07, 6.45) is 4.37. The molecule has 3 nitrogen and oxygen atoms in total. The minimum atomic E-state index is -0.141. The first-order chi connectivity index (χ1) is 7.16. The topological polar surface area (TPSA) is 32.7 Å². The van der Waals surface area contributed by atoms with E-state index in [4.69, 9.17) is 4.74 Å². The van der Waals surface area contributed by atoms with Crippen molar-refractivity contribution in [1.29, 1.82) is 0 Å². The molecule has 15 heavy (non-hydrogen) atoms. The van der Waals surface area contributed by atoms with Crippen LogP contribution >= 0.6 is 0 Å². The predicted octanol–water partition coefficient (Wildman–Crippen LogP) is 1.65. The van der Waals surface area contributed by atoms with Crippen molar-refractivity contribution in [2.24, 2.45) is 0 Å². The molecule has 0 aromatic heterocycles. The molecule has 0 aromatic carbocycles. The van der Waals surface area contributed by atoms with E-state index >= 15 is 0 Å². The third-order valence-electron chi connectivity index (χ3n) is 3.34. The Hall–Kier alpha value is -0.120. The van der Waals surface area contributed by atoms with E-state index in [0.717, 1.165) is 26.0 Å². The summed E-state index contributed by atoms with van der Waals surface area (Å²) in [5.74, 6) is 0. The van der Waals surface area contributed by atoms with Gasteiger partial charge in [0.05, 0.1) is 12.7 Å². The van der Waals surface area contributed by atoms with Crippen molar-refractivity contribution in [1.82, 2.24) is 4.90 Å². The molecule has 0 heterocycles. The monoisotopic (exact) mass is 215 g/mol. The summed E-state index contributed by atoms with van der Waals surface area (Å²) >= 11 is 0. The van der Waals surface area contributed by atoms with Crippen molar-refractivity contribution < 1.29 is 9.84 Å². The van der Waals surface area contributed by atoms with Gasteiger partial charge in [0.2, 0.25) is 0 Å². The Labute approximate surface area is 93.4 Å². The number of hydrogen-bond donors (Lipinski definition) is 1. The number of aliphatic hydroxyl groups excluding tert-OH is 1. The summed E-state index contributed by atoms with van der Waals surface area (Å²) in [6, 6.07) is 0.826. The molecule has 0 unspecified atom stereocenters. The van der Waals surface area contributed by atoms with Crippen molar-refractivity contribution >= 4 is 0 Å². The van der Waals surface area contributed by atoms with Crippen LogP contribution in [0.1, 0.15) is 39.5 Å². The van der Waals surface area contributed by atoms with Crippen LogP contribution in [0.3, 0.4) is 0 Å². The molecule has 3 heteroatoms. The van der Waals surface area contributed by atoms with Crippen molar-refractivity contribution in [3.8, 4) is 0 Å². The lowest BCUT2D eigenvalue weighted by atomic mass is 9.90. The molecular weight excluding hydrogens is 190 g/mol. The number of nitrogens with zero attached hydrogens (tertiary/aromatic N) is 1. The van der Waals surface area contributed by atoms with E-state index in [1.54, 1.807) is 7.11 Å². The van der Waals surface area contributed by atoms with Gasteiger partial charge in [-0.2, -0.15) is 0 Å². The lowest BCUT2D eigenvalue weighted by Crippen LogP contribution is -2.49. The van der Waals surface area contributed by atoms with E-state index in [0.29, 0.717) is 12.1 Å². The van der Waals surface area contributed by atoms with Crippen LogP contribution in [0.2, 0.25) is 0 Å². The standard InChI is InChI=1S/C12H25NO2/c1-10(2)13(8-9-15-3)11-6-4-5-7-12(11)14/h10-12,14H,4-9H2,1-3H3/t11-,12-/m1/s1. The second-order valence-electron chi connectivity index (χ2n) is 4.74. The number of methoxy groups -OCH3 is 1. The van der Waals surface area contributed by atoms with E-state index in [1.807, 2.05) is 0 Å². The van der Waals surface area contributed by atoms with Crippen LogP contribution in [0.5, 0.6) is 0 Å². The van der Waals surface area contributed by atoms with Gasteiger partial charge >= 0.3 is 0 Å². The van der Waals surface area contributed by atoms with Crippen molar-refractivity contribution in [2.75, 3.05) is 20.3 Å². The Kier molecular flexibility index (Phi) is 5.58. The summed E-state index contributed by atoms with van der Waals surface area (Å²) in [4.78, 5) is 2.38. The van der Waals surface area contributed by atoms with Crippen LogP contribution in [0.4, 0.5) is 0 Å². The number of hydrogen-bond acceptors (Lipinski definition) is 3. The second kappa shape index (κ2) is 6.46. The van der Waals surface area contributed by atoms with E-state index in [2.05, 4.69) is 18.7 Å². The second-order valence-corrected chi connectivity index (χ2v) is 4.74. The molecule has 0 spiro atoms. The highest BCUT2D eigenvalue weighted by atomic mass is 16.5. The predicted molar refractivity (Wildman–Crippen MR) is 62.0 cm³/mol. The maximum Gasteiger partial charge on any atom is 0.0695 e. The third kappa shape index (κ3) is 3.74. The van der Waals surface area contributed by atoms with Gasteiger partial charge < -0.3 is 9.84 Å². The third-order valence-corrected chi connectivity index (χ3v) is 3.34. The zero-order chi connectivity index (χ0) is 11.3. The molecule has 1 rings (SSSR count). The van der Waals surface area contributed by atoms with Gasteiger partial charge in [0, 0.05) is 25.7 Å². The van der Waals surface area contributed by atoms with E-state index in [9.17, 15) is 5.11 Å². The molecule has 2 atom stereocenters. The normalized spacial score (nSPS) is 27.6. The SMILES string of the molecule is COCCN(C(C)C)[C@@H]1CCCC[C@H]1O. The fourth-order valence-electron chi connectivity index (χ4n) is 2.48. The number of rotatable bonds is 5. The molecule has 1 saturated carbocycles. The van der Waals surface area contributed by atoms with E-state index in [1.165, 1.54) is 12.8 Å². The zero-order valence-corrected chi connectivity index (χ0v) is 10.3. The quantitative estimate of drug-likeness (QED) is 0.757. The first kappa shape index (κ1) is 12.9. The van der Waals surface area contributed by atoms with Crippen LogP contribution in [0, 0.1) is 0 Å². The minimum Gasteiger partial charge on any atom is -0.391 e. The summed E-state index contributed by atoms with van der Waals surface area (Å²) in [5.41, 5.74) is 0. The molecule has 1 fully saturated rings. The smallest absolute Gasteiger partial charge is 0.0695 e. The van der Waals surface area contributed by atoms with Gasteiger partial charge in [-0.05, 0) is 26.7 Å². The highest BCUT2D eigenvalue weighted by Crippen LogP contribution is 2.24. The van der Waals surface area contributed by atoms with Gasteiger partial charge in [-0.25, -0.2) is 0 Å². The van der Waals surface area contributed by atoms with Crippen LogP contribution in [-0.4, -0.2) is 48.5 Å². The lowest BCUT2D eigenvalue weighted by molar-refractivity contribution is -0.00581. The maximum atomic E-state index is 10.0. The van der Waals surface area contributed by atoms with Gasteiger partial charge in [-0.1, -0.05) is 12.8 Å². The van der Waals surface area contributed by atoms with Crippen LogP contribution in [0.25, 0.3) is 0 Å². The van der Waals surface area contributed by atoms with Crippen molar-refractivity contribution in [2.45, 2.75) is 57.7 Å². The first-order valence-electron chi connectivity index (χ1n) is 6.09. The summed E-state index contributed by atoms with van der Waals surface area (Å²) in [7, 11) is 1.73. The highest BCUT2D eigenvalue weighted by Gasteiger charge is 2.29. The van der Waals surface area contributed by atoms with Gasteiger partial charge in [-0.15, -0.1) is 0 Å².